The molecule has 0 aromatic heterocycles. The number of rotatable bonds is 2. The lowest BCUT2D eigenvalue weighted by atomic mass is 10.0. The van der Waals surface area contributed by atoms with Gasteiger partial charge in [-0.15, -0.1) is 5.92 Å². The molecule has 2 rings (SSSR count). The van der Waals surface area contributed by atoms with Gasteiger partial charge in [-0.2, -0.15) is 0 Å². The van der Waals surface area contributed by atoms with Crippen molar-refractivity contribution in [1.29, 1.82) is 0 Å². The first-order chi connectivity index (χ1) is 6.38. The third kappa shape index (κ3) is 2.24. The van der Waals surface area contributed by atoms with Gasteiger partial charge in [0.25, 0.3) is 0 Å². The first-order valence-corrected chi connectivity index (χ1v) is 5.15. The summed E-state index contributed by atoms with van der Waals surface area (Å²) in [5, 5.41) is 3.59. The van der Waals surface area contributed by atoms with Gasteiger partial charge in [0.05, 0.1) is 6.10 Å². The van der Waals surface area contributed by atoms with Crippen LogP contribution in [0.3, 0.4) is 0 Å². The summed E-state index contributed by atoms with van der Waals surface area (Å²) in [5.74, 6) is 5.81. The molecule has 2 atom stereocenters. The smallest absolute Gasteiger partial charge is 0.108 e. The van der Waals surface area contributed by atoms with Crippen molar-refractivity contribution in [3.8, 4) is 11.8 Å². The third-order valence-electron chi connectivity index (χ3n) is 3.00. The maximum Gasteiger partial charge on any atom is 0.108 e. The highest BCUT2D eigenvalue weighted by Crippen LogP contribution is 2.28. The first kappa shape index (κ1) is 9.05. The largest absolute Gasteiger partial charge is 0.365 e. The number of piperidine rings is 1. The molecule has 72 valence electrons. The highest BCUT2D eigenvalue weighted by Gasteiger charge is 2.33. The summed E-state index contributed by atoms with van der Waals surface area (Å²) in [5.41, 5.74) is 0. The predicted molar refractivity (Wildman–Crippen MR) is 52.4 cm³/mol. The Morgan fingerprint density at radius 3 is 2.62 bits per heavy atom. The average molecular weight is 179 g/mol. The second-order valence-electron chi connectivity index (χ2n) is 3.97. The van der Waals surface area contributed by atoms with Crippen molar-refractivity contribution in [2.75, 3.05) is 6.61 Å². The Kier molecular flexibility index (Phi) is 2.87. The highest BCUT2D eigenvalue weighted by atomic mass is 16.5. The van der Waals surface area contributed by atoms with E-state index in [2.05, 4.69) is 17.2 Å². The Labute approximate surface area is 80.0 Å². The summed E-state index contributed by atoms with van der Waals surface area (Å²) in [6, 6.07) is 1.44. The molecule has 13 heavy (non-hydrogen) atoms. The van der Waals surface area contributed by atoms with Crippen LogP contribution < -0.4 is 5.32 Å². The van der Waals surface area contributed by atoms with Crippen molar-refractivity contribution in [3.63, 3.8) is 0 Å². The molecule has 2 heterocycles. The fourth-order valence-electron chi connectivity index (χ4n) is 2.37. The summed E-state index contributed by atoms with van der Waals surface area (Å²) in [6.07, 6.45) is 5.50. The number of ether oxygens (including phenoxy) is 1. The Balaban J connectivity index is 1.77. The molecule has 2 aliphatic rings. The van der Waals surface area contributed by atoms with Crippen LogP contribution in [0, 0.1) is 11.8 Å². The Bertz CT molecular complexity index is 216. The number of nitrogens with one attached hydrogen (secondary N) is 1. The summed E-state index contributed by atoms with van der Waals surface area (Å²) in [6.45, 7) is 2.47. The molecule has 0 aromatic carbocycles. The fraction of sp³-hybridized carbons (Fsp3) is 0.818. The normalized spacial score (nSPS) is 36.8. The van der Waals surface area contributed by atoms with Gasteiger partial charge in [0.1, 0.15) is 6.61 Å². The molecule has 2 bridgehead atoms. The van der Waals surface area contributed by atoms with E-state index in [1.807, 2.05) is 6.92 Å². The van der Waals surface area contributed by atoms with Gasteiger partial charge in [-0.25, -0.2) is 0 Å². The monoisotopic (exact) mass is 179 g/mol. The van der Waals surface area contributed by atoms with Gasteiger partial charge in [0.15, 0.2) is 0 Å². The van der Waals surface area contributed by atoms with Crippen LogP contribution in [0.4, 0.5) is 0 Å². The van der Waals surface area contributed by atoms with Gasteiger partial charge in [-0.05, 0) is 32.6 Å². The second kappa shape index (κ2) is 4.13. The lowest BCUT2D eigenvalue weighted by Crippen LogP contribution is -2.41. The topological polar surface area (TPSA) is 21.3 Å². The Morgan fingerprint density at radius 1 is 1.31 bits per heavy atom. The minimum absolute atomic E-state index is 0.458. The van der Waals surface area contributed by atoms with Crippen molar-refractivity contribution in [1.82, 2.24) is 5.32 Å². The second-order valence-corrected chi connectivity index (χ2v) is 3.97. The molecule has 2 heteroatoms. The number of hydrogen-bond donors (Lipinski definition) is 1. The van der Waals surface area contributed by atoms with Crippen LogP contribution in [0.2, 0.25) is 0 Å². The lowest BCUT2D eigenvalue weighted by molar-refractivity contribution is 0.0402. The predicted octanol–water partition coefficient (Wildman–Crippen LogP) is 1.31. The summed E-state index contributed by atoms with van der Waals surface area (Å²) >= 11 is 0. The molecule has 0 spiro atoms. The zero-order valence-corrected chi connectivity index (χ0v) is 8.18. The van der Waals surface area contributed by atoms with Crippen LogP contribution in [0.5, 0.6) is 0 Å². The maximum atomic E-state index is 5.69. The Morgan fingerprint density at radius 2 is 2.00 bits per heavy atom. The van der Waals surface area contributed by atoms with E-state index in [1.54, 1.807) is 0 Å². The van der Waals surface area contributed by atoms with Gasteiger partial charge in [-0.1, -0.05) is 5.92 Å². The van der Waals surface area contributed by atoms with Crippen LogP contribution in [0.15, 0.2) is 0 Å². The van der Waals surface area contributed by atoms with E-state index in [4.69, 9.17) is 4.74 Å². The molecular formula is C11H17NO. The van der Waals surface area contributed by atoms with E-state index in [-0.39, 0.29) is 0 Å². The molecule has 0 aliphatic carbocycles. The van der Waals surface area contributed by atoms with Crippen LogP contribution in [0.1, 0.15) is 32.6 Å². The van der Waals surface area contributed by atoms with Crippen LogP contribution in [-0.4, -0.2) is 24.8 Å². The third-order valence-corrected chi connectivity index (χ3v) is 3.00. The van der Waals surface area contributed by atoms with E-state index >= 15 is 0 Å². The summed E-state index contributed by atoms with van der Waals surface area (Å²) in [4.78, 5) is 0. The summed E-state index contributed by atoms with van der Waals surface area (Å²) < 4.78 is 5.69. The molecule has 0 aromatic rings. The molecule has 0 radical (unpaired) electrons. The molecule has 2 aliphatic heterocycles. The number of fused-ring (bicyclic) bond motifs is 2. The average Bonchev–Trinajstić information content (AvgIpc) is 2.46. The van der Waals surface area contributed by atoms with E-state index in [0.717, 1.165) is 12.1 Å². The highest BCUT2D eigenvalue weighted by molar-refractivity contribution is 4.97. The van der Waals surface area contributed by atoms with Crippen molar-refractivity contribution in [2.45, 2.75) is 50.8 Å². The molecule has 0 amide bonds. The van der Waals surface area contributed by atoms with E-state index in [0.29, 0.717) is 12.7 Å². The maximum absolute atomic E-state index is 5.69. The molecule has 2 unspecified atom stereocenters. The minimum atomic E-state index is 0.458. The Hall–Kier alpha value is -0.520. The van der Waals surface area contributed by atoms with Crippen molar-refractivity contribution in [3.05, 3.63) is 0 Å². The molecular weight excluding hydrogens is 162 g/mol. The zero-order chi connectivity index (χ0) is 9.10. The van der Waals surface area contributed by atoms with Crippen LogP contribution in [0.25, 0.3) is 0 Å². The molecule has 1 N–H and O–H groups in total. The van der Waals surface area contributed by atoms with Crippen molar-refractivity contribution < 1.29 is 4.74 Å². The summed E-state index contributed by atoms with van der Waals surface area (Å²) in [7, 11) is 0. The van der Waals surface area contributed by atoms with Crippen molar-refractivity contribution in [2.24, 2.45) is 0 Å². The van der Waals surface area contributed by atoms with E-state index < -0.39 is 0 Å². The van der Waals surface area contributed by atoms with Crippen LogP contribution in [-0.2, 0) is 4.74 Å². The molecule has 2 saturated heterocycles. The van der Waals surface area contributed by atoms with Crippen LogP contribution >= 0.6 is 0 Å². The van der Waals surface area contributed by atoms with Gasteiger partial charge in [0.2, 0.25) is 0 Å². The molecule has 2 nitrogen and oxygen atoms in total. The number of hydrogen-bond acceptors (Lipinski definition) is 2. The molecule has 0 saturated carbocycles. The van der Waals surface area contributed by atoms with E-state index in [1.165, 1.54) is 25.7 Å². The standard InChI is InChI=1S/C11H17NO/c1-2-3-6-13-11-7-9-4-5-10(8-11)12-9/h9-12H,4-8H2,1H3. The van der Waals surface area contributed by atoms with Crippen molar-refractivity contribution >= 4 is 0 Å². The van der Waals surface area contributed by atoms with Gasteiger partial charge in [-0.3, -0.25) is 0 Å². The molecule has 2 fully saturated rings. The van der Waals surface area contributed by atoms with E-state index in [9.17, 15) is 0 Å². The first-order valence-electron chi connectivity index (χ1n) is 5.15. The van der Waals surface area contributed by atoms with Gasteiger partial charge in [0, 0.05) is 12.1 Å². The minimum Gasteiger partial charge on any atom is -0.365 e. The zero-order valence-electron chi connectivity index (χ0n) is 8.18. The van der Waals surface area contributed by atoms with Gasteiger partial charge < -0.3 is 10.1 Å². The fourth-order valence-corrected chi connectivity index (χ4v) is 2.37. The quantitative estimate of drug-likeness (QED) is 0.645. The lowest BCUT2D eigenvalue weighted by Gasteiger charge is -2.28. The SMILES string of the molecule is CC#CCOC1CC2CCC(C1)N2. The van der Waals surface area contributed by atoms with Gasteiger partial charge >= 0.3 is 0 Å².